The molecule has 0 bridgehead atoms. The zero-order valence-electron chi connectivity index (χ0n) is 27.1. The first-order chi connectivity index (χ1) is 20.3. The van der Waals surface area contributed by atoms with Crippen molar-refractivity contribution in [2.24, 2.45) is 63.1 Å². The second kappa shape index (κ2) is 9.43. The second-order valence-electron chi connectivity index (χ2n) is 18.1. The molecule has 5 heteroatoms. The zero-order chi connectivity index (χ0) is 30.3. The van der Waals surface area contributed by atoms with Crippen molar-refractivity contribution >= 4 is 0 Å². The van der Waals surface area contributed by atoms with Crippen molar-refractivity contribution in [3.8, 4) is 0 Å². The van der Waals surface area contributed by atoms with Gasteiger partial charge in [0.05, 0.1) is 30.0 Å². The van der Waals surface area contributed by atoms with Gasteiger partial charge in [0.15, 0.2) is 0 Å². The van der Waals surface area contributed by atoms with E-state index >= 15 is 0 Å². The van der Waals surface area contributed by atoms with Gasteiger partial charge in [0.2, 0.25) is 0 Å². The lowest BCUT2D eigenvalue weighted by molar-refractivity contribution is -0.208. The summed E-state index contributed by atoms with van der Waals surface area (Å²) in [4.78, 5) is 0. The number of hydrogen-bond donors (Lipinski definition) is 5. The summed E-state index contributed by atoms with van der Waals surface area (Å²) in [7, 11) is 0. The molecule has 16 atom stereocenters. The fourth-order valence-electron chi connectivity index (χ4n) is 14.7. The summed E-state index contributed by atoms with van der Waals surface area (Å²) >= 11 is 0. The molecule has 0 aromatic carbocycles. The normalized spacial score (nSPS) is 60.8. The molecular weight excluding hydrogens is 536 g/mol. The molecule has 5 nitrogen and oxygen atoms in total. The lowest BCUT2D eigenvalue weighted by atomic mass is 9.40. The van der Waals surface area contributed by atoms with Crippen molar-refractivity contribution in [2.75, 3.05) is 0 Å². The predicted octanol–water partition coefficient (Wildman–Crippen LogP) is 5.92. The number of rotatable bonds is 1. The van der Waals surface area contributed by atoms with Gasteiger partial charge in [-0.3, -0.25) is 0 Å². The van der Waals surface area contributed by atoms with Gasteiger partial charge in [-0.05, 0) is 153 Å². The Kier molecular flexibility index (Phi) is 6.51. The Balaban J connectivity index is 1.17. The Morgan fingerprint density at radius 1 is 0.698 bits per heavy atom. The minimum absolute atomic E-state index is 0.00252. The molecule has 6 saturated carbocycles. The second-order valence-corrected chi connectivity index (χ2v) is 18.1. The van der Waals surface area contributed by atoms with Crippen LogP contribution in [0, 0.1) is 63.1 Å². The molecule has 0 radical (unpaired) electrons. The molecule has 0 amide bonds. The summed E-state index contributed by atoms with van der Waals surface area (Å²) in [6.45, 7) is 9.57. The first kappa shape index (κ1) is 29.7. The Morgan fingerprint density at radius 2 is 1.42 bits per heavy atom. The van der Waals surface area contributed by atoms with Crippen LogP contribution < -0.4 is 0 Å². The summed E-state index contributed by atoms with van der Waals surface area (Å²) in [5.41, 5.74) is 1.37. The van der Waals surface area contributed by atoms with E-state index in [0.29, 0.717) is 36.5 Å². The molecule has 0 spiro atoms. The number of allylic oxidation sites excluding steroid dienone is 1. The lowest BCUT2D eigenvalue weighted by Crippen LogP contribution is -2.65. The van der Waals surface area contributed by atoms with E-state index in [9.17, 15) is 25.5 Å². The smallest absolute Gasteiger partial charge is 0.0757 e. The van der Waals surface area contributed by atoms with Crippen molar-refractivity contribution in [3.63, 3.8) is 0 Å². The maximum atomic E-state index is 13.4. The molecule has 0 aromatic rings. The first-order valence-electron chi connectivity index (χ1n) is 18.1. The van der Waals surface area contributed by atoms with Crippen molar-refractivity contribution < 1.29 is 25.5 Å². The third-order valence-electron chi connectivity index (χ3n) is 17.1. The molecule has 6 fully saturated rings. The minimum Gasteiger partial charge on any atom is -0.393 e. The molecule has 43 heavy (non-hydrogen) atoms. The third-order valence-corrected chi connectivity index (χ3v) is 17.1. The van der Waals surface area contributed by atoms with Crippen LogP contribution in [0.1, 0.15) is 118 Å². The molecule has 240 valence electrons. The predicted molar refractivity (Wildman–Crippen MR) is 167 cm³/mol. The van der Waals surface area contributed by atoms with Crippen LogP contribution in [0.3, 0.4) is 0 Å². The standard InChI is InChI=1S/C38H58O5/c1-34-13-9-23(39)18-22(34)19-30(41)33-28(34)11-15-36(3)29(33)12-16-38(36,43)31-20-24(40)17-21-5-6-25-26-7-8-32(42)35(26,2)14-10-27(25)37(21,31)4/h5,19,23-33,39-43H,6-18,20H2,1-4H3/t23?,24?,25-,26-,27+,28+,29-,30?,31?,32?,33+,34-,35-,36-,37-,38?/m0/s1. The zero-order valence-corrected chi connectivity index (χ0v) is 27.1. The maximum absolute atomic E-state index is 13.4. The van der Waals surface area contributed by atoms with Crippen LogP contribution in [0.2, 0.25) is 0 Å². The molecule has 8 aliphatic carbocycles. The van der Waals surface area contributed by atoms with Gasteiger partial charge in [-0.25, -0.2) is 0 Å². The summed E-state index contributed by atoms with van der Waals surface area (Å²) in [5.74, 6) is 2.34. The van der Waals surface area contributed by atoms with E-state index in [1.807, 2.05) is 0 Å². The maximum Gasteiger partial charge on any atom is 0.0757 e. The van der Waals surface area contributed by atoms with Gasteiger partial charge < -0.3 is 25.5 Å². The minimum atomic E-state index is -0.886. The van der Waals surface area contributed by atoms with Crippen LogP contribution in [-0.2, 0) is 0 Å². The molecule has 0 aliphatic heterocycles. The van der Waals surface area contributed by atoms with Crippen LogP contribution in [0.15, 0.2) is 23.3 Å². The molecule has 5 N–H and O–H groups in total. The number of aliphatic hydroxyl groups is 5. The van der Waals surface area contributed by atoms with E-state index in [0.717, 1.165) is 77.0 Å². The van der Waals surface area contributed by atoms with Crippen molar-refractivity contribution in [2.45, 2.75) is 148 Å². The summed E-state index contributed by atoms with van der Waals surface area (Å²) in [6.07, 6.45) is 16.0. The molecule has 8 aliphatic rings. The average Bonchev–Trinajstić information content (AvgIpc) is 3.42. The summed E-state index contributed by atoms with van der Waals surface area (Å²) in [5, 5.41) is 58.0. The van der Waals surface area contributed by atoms with Crippen LogP contribution >= 0.6 is 0 Å². The summed E-state index contributed by atoms with van der Waals surface area (Å²) < 4.78 is 0. The van der Waals surface area contributed by atoms with Crippen molar-refractivity contribution in [1.82, 2.24) is 0 Å². The van der Waals surface area contributed by atoms with Gasteiger partial charge in [-0.2, -0.15) is 0 Å². The molecular formula is C38H58O5. The van der Waals surface area contributed by atoms with Crippen molar-refractivity contribution in [1.29, 1.82) is 0 Å². The molecule has 6 unspecified atom stereocenters. The van der Waals surface area contributed by atoms with Crippen LogP contribution in [0.4, 0.5) is 0 Å². The molecule has 0 aromatic heterocycles. The monoisotopic (exact) mass is 594 g/mol. The molecule has 8 rings (SSSR count). The highest BCUT2D eigenvalue weighted by molar-refractivity contribution is 5.33. The van der Waals surface area contributed by atoms with E-state index in [4.69, 9.17) is 0 Å². The topological polar surface area (TPSA) is 101 Å². The van der Waals surface area contributed by atoms with Gasteiger partial charge in [0.1, 0.15) is 0 Å². The number of hydrogen-bond acceptors (Lipinski definition) is 5. The van der Waals surface area contributed by atoms with Gasteiger partial charge in [-0.1, -0.05) is 51.0 Å². The molecule has 0 saturated heterocycles. The summed E-state index contributed by atoms with van der Waals surface area (Å²) in [6, 6.07) is 0. The fraction of sp³-hybridized carbons (Fsp3) is 0.895. The average molecular weight is 595 g/mol. The highest BCUT2D eigenvalue weighted by Gasteiger charge is 2.71. The quantitative estimate of drug-likeness (QED) is 0.243. The lowest BCUT2D eigenvalue weighted by Gasteiger charge is -2.65. The van der Waals surface area contributed by atoms with Crippen LogP contribution in [0.5, 0.6) is 0 Å². The van der Waals surface area contributed by atoms with E-state index < -0.39 is 17.8 Å². The van der Waals surface area contributed by atoms with E-state index in [2.05, 4.69) is 39.8 Å². The van der Waals surface area contributed by atoms with Crippen molar-refractivity contribution in [3.05, 3.63) is 23.3 Å². The highest BCUT2D eigenvalue weighted by Crippen LogP contribution is 2.74. The molecule has 0 heterocycles. The van der Waals surface area contributed by atoms with E-state index in [1.165, 1.54) is 11.1 Å². The Morgan fingerprint density at radius 3 is 2.21 bits per heavy atom. The van der Waals surface area contributed by atoms with Crippen LogP contribution in [0.25, 0.3) is 0 Å². The Bertz CT molecular complexity index is 1230. The number of aliphatic hydroxyl groups excluding tert-OH is 4. The van der Waals surface area contributed by atoms with E-state index in [1.54, 1.807) is 0 Å². The third kappa shape index (κ3) is 3.64. The van der Waals surface area contributed by atoms with E-state index in [-0.39, 0.29) is 51.6 Å². The van der Waals surface area contributed by atoms with Gasteiger partial charge >= 0.3 is 0 Å². The largest absolute Gasteiger partial charge is 0.393 e. The number of fused-ring (bicyclic) bond motifs is 10. The van der Waals surface area contributed by atoms with Gasteiger partial charge in [0, 0.05) is 0 Å². The van der Waals surface area contributed by atoms with Crippen LogP contribution in [-0.4, -0.2) is 55.5 Å². The first-order valence-corrected chi connectivity index (χ1v) is 18.1. The highest BCUT2D eigenvalue weighted by atomic mass is 16.3. The Hall–Kier alpha value is -0.720. The van der Waals surface area contributed by atoms with Gasteiger partial charge in [-0.15, -0.1) is 0 Å². The van der Waals surface area contributed by atoms with Gasteiger partial charge in [0.25, 0.3) is 0 Å². The Labute approximate surface area is 259 Å². The fourth-order valence-corrected chi connectivity index (χ4v) is 14.7. The SMILES string of the molecule is C[C@]12CCC(O)CC1=CC(O)[C@@H]1[C@H]2CC[C@@]2(C)[C@H]1CCC2(O)C1CC(O)CC2=CC[C@@H]3[C@@H](CC[C@]4(C)C(O)CC[C@@H]34)[C@]21C.